The Balaban J connectivity index is 1.37. The van der Waals surface area contributed by atoms with E-state index in [0.29, 0.717) is 0 Å². The summed E-state index contributed by atoms with van der Waals surface area (Å²) in [4.78, 5) is 30.9. The van der Waals surface area contributed by atoms with Crippen LogP contribution in [0.3, 0.4) is 0 Å². The first kappa shape index (κ1) is 20.2. The van der Waals surface area contributed by atoms with E-state index in [0.717, 1.165) is 36.4 Å². The number of anilines is 1. The van der Waals surface area contributed by atoms with Crippen molar-refractivity contribution in [3.63, 3.8) is 0 Å². The van der Waals surface area contributed by atoms with Crippen LogP contribution >= 0.6 is 0 Å². The third-order valence-corrected chi connectivity index (χ3v) is 4.47. The van der Waals surface area contributed by atoms with E-state index in [2.05, 4.69) is 22.1 Å². The Bertz CT molecular complexity index is 867. The Labute approximate surface area is 169 Å². The molecule has 0 saturated heterocycles. The second kappa shape index (κ2) is 10.1. The number of hydrogen-bond acceptors (Lipinski definition) is 6. The number of rotatable bonds is 7. The van der Waals surface area contributed by atoms with Crippen LogP contribution < -0.4 is 20.5 Å². The minimum atomic E-state index is -0.496. The van der Waals surface area contributed by atoms with Gasteiger partial charge in [-0.3, -0.25) is 20.4 Å². The number of nitrogens with zero attached hydrogens (tertiary/aromatic N) is 2. The lowest BCUT2D eigenvalue weighted by atomic mass is 10.0. The van der Waals surface area contributed by atoms with Gasteiger partial charge >= 0.3 is 0 Å². The van der Waals surface area contributed by atoms with E-state index in [-0.39, 0.29) is 19.1 Å². The highest BCUT2D eigenvalue weighted by atomic mass is 16.6. The van der Waals surface area contributed by atoms with E-state index in [1.165, 1.54) is 11.8 Å². The average Bonchev–Trinajstić information content (AvgIpc) is 2.76. The molecule has 152 valence electrons. The fraction of sp³-hybridized carbons (Fsp3) is 0.286. The predicted molar refractivity (Wildman–Crippen MR) is 110 cm³/mol. The molecule has 0 aliphatic carbocycles. The molecule has 0 unspecified atom stereocenters. The van der Waals surface area contributed by atoms with Crippen molar-refractivity contribution in [3.8, 4) is 5.75 Å². The van der Waals surface area contributed by atoms with Gasteiger partial charge in [-0.2, -0.15) is 0 Å². The normalized spacial score (nSPS) is 12.9. The van der Waals surface area contributed by atoms with Gasteiger partial charge in [0, 0.05) is 12.2 Å². The van der Waals surface area contributed by atoms with Crippen LogP contribution in [0.4, 0.5) is 5.69 Å². The molecule has 2 aromatic rings. The van der Waals surface area contributed by atoms with Crippen molar-refractivity contribution in [2.75, 3.05) is 31.7 Å². The van der Waals surface area contributed by atoms with Gasteiger partial charge in [0.15, 0.2) is 6.61 Å². The smallest absolute Gasteiger partial charge is 0.279 e. The molecule has 0 spiro atoms. The molecule has 1 heterocycles. The van der Waals surface area contributed by atoms with Crippen molar-refractivity contribution in [2.45, 2.75) is 12.8 Å². The van der Waals surface area contributed by atoms with Gasteiger partial charge in [0.1, 0.15) is 5.75 Å². The Kier molecular flexibility index (Phi) is 7.05. The highest BCUT2D eigenvalue weighted by Crippen LogP contribution is 2.26. The van der Waals surface area contributed by atoms with Crippen molar-refractivity contribution in [1.29, 1.82) is 0 Å². The van der Waals surface area contributed by atoms with Crippen LogP contribution in [0.25, 0.3) is 0 Å². The number of hydrazine groups is 1. The standard InChI is InChI=1S/C21H24N4O4/c1-28-18-10-8-16(9-11-18)13-22-29-15-21(27)24-23-20(26)14-25-12-4-6-17-5-2-3-7-19(17)25/h2-3,5,7-11,13H,4,6,12,14-15H2,1H3,(H,23,26)(H,24,27)/b22-13-. The van der Waals surface area contributed by atoms with Crippen LogP contribution in [-0.2, 0) is 20.8 Å². The lowest BCUT2D eigenvalue weighted by Gasteiger charge is -2.30. The molecule has 0 saturated carbocycles. The van der Waals surface area contributed by atoms with Crippen molar-refractivity contribution in [3.05, 3.63) is 59.7 Å². The lowest BCUT2D eigenvalue weighted by Crippen LogP contribution is -2.48. The van der Waals surface area contributed by atoms with Crippen molar-refractivity contribution >= 4 is 23.7 Å². The maximum atomic E-state index is 12.1. The number of aryl methyl sites for hydroxylation is 1. The van der Waals surface area contributed by atoms with Crippen molar-refractivity contribution in [1.82, 2.24) is 10.9 Å². The number of benzene rings is 2. The molecule has 8 heteroatoms. The number of carbonyl (C=O) groups is 2. The molecule has 29 heavy (non-hydrogen) atoms. The van der Waals surface area contributed by atoms with Crippen molar-refractivity contribution in [2.24, 2.45) is 5.16 Å². The summed E-state index contributed by atoms with van der Waals surface area (Å²) < 4.78 is 5.07. The van der Waals surface area contributed by atoms with E-state index >= 15 is 0 Å². The SMILES string of the molecule is COc1ccc(/C=N\OCC(=O)NNC(=O)CN2CCCc3ccccc32)cc1. The van der Waals surface area contributed by atoms with E-state index in [9.17, 15) is 9.59 Å². The van der Waals surface area contributed by atoms with Gasteiger partial charge < -0.3 is 14.5 Å². The number of para-hydroxylation sites is 1. The van der Waals surface area contributed by atoms with E-state index < -0.39 is 5.91 Å². The predicted octanol–water partition coefficient (Wildman–Crippen LogP) is 1.65. The Hall–Kier alpha value is -3.55. The van der Waals surface area contributed by atoms with Gasteiger partial charge in [0.25, 0.3) is 11.8 Å². The molecular weight excluding hydrogens is 372 g/mol. The topological polar surface area (TPSA) is 92.3 Å². The average molecular weight is 396 g/mol. The van der Waals surface area contributed by atoms with Crippen LogP contribution in [0.2, 0.25) is 0 Å². The number of fused-ring (bicyclic) bond motifs is 1. The molecule has 2 amide bonds. The van der Waals surface area contributed by atoms with E-state index in [1.807, 2.05) is 35.2 Å². The van der Waals surface area contributed by atoms with Gasteiger partial charge in [0.2, 0.25) is 0 Å². The first-order chi connectivity index (χ1) is 14.2. The molecular formula is C21H24N4O4. The Morgan fingerprint density at radius 2 is 1.86 bits per heavy atom. The summed E-state index contributed by atoms with van der Waals surface area (Å²) in [6.45, 7) is 0.675. The molecule has 2 N–H and O–H groups in total. The summed E-state index contributed by atoms with van der Waals surface area (Å²) in [5.41, 5.74) is 7.84. The number of ether oxygens (including phenoxy) is 1. The van der Waals surface area contributed by atoms with Crippen LogP contribution in [0.5, 0.6) is 5.75 Å². The summed E-state index contributed by atoms with van der Waals surface area (Å²) in [6.07, 6.45) is 3.50. The molecule has 3 rings (SSSR count). The molecule has 2 aromatic carbocycles. The highest BCUT2D eigenvalue weighted by Gasteiger charge is 2.18. The molecule has 1 aliphatic heterocycles. The first-order valence-corrected chi connectivity index (χ1v) is 9.35. The van der Waals surface area contributed by atoms with E-state index in [1.54, 1.807) is 19.2 Å². The van der Waals surface area contributed by atoms with Crippen LogP contribution in [0, 0.1) is 0 Å². The molecule has 1 aliphatic rings. The van der Waals surface area contributed by atoms with E-state index in [4.69, 9.17) is 9.57 Å². The van der Waals surface area contributed by atoms with Crippen molar-refractivity contribution < 1.29 is 19.2 Å². The zero-order valence-electron chi connectivity index (χ0n) is 16.3. The first-order valence-electron chi connectivity index (χ1n) is 9.35. The fourth-order valence-electron chi connectivity index (χ4n) is 3.05. The van der Waals surface area contributed by atoms with Gasteiger partial charge in [0.05, 0.1) is 19.9 Å². The maximum Gasteiger partial charge on any atom is 0.279 e. The van der Waals surface area contributed by atoms with Gasteiger partial charge in [-0.15, -0.1) is 0 Å². The number of nitrogens with one attached hydrogen (secondary N) is 2. The number of oxime groups is 1. The number of methoxy groups -OCH3 is 1. The lowest BCUT2D eigenvalue weighted by molar-refractivity contribution is -0.131. The maximum absolute atomic E-state index is 12.1. The zero-order chi connectivity index (χ0) is 20.5. The molecule has 0 fully saturated rings. The Morgan fingerprint density at radius 3 is 2.66 bits per heavy atom. The summed E-state index contributed by atoms with van der Waals surface area (Å²) in [5, 5.41) is 3.74. The molecule has 0 atom stereocenters. The molecule has 0 bridgehead atoms. The minimum Gasteiger partial charge on any atom is -0.497 e. The largest absolute Gasteiger partial charge is 0.497 e. The van der Waals surface area contributed by atoms with Crippen LogP contribution in [0.1, 0.15) is 17.5 Å². The fourth-order valence-corrected chi connectivity index (χ4v) is 3.05. The van der Waals surface area contributed by atoms with Crippen LogP contribution in [0.15, 0.2) is 53.7 Å². The van der Waals surface area contributed by atoms with Gasteiger partial charge in [-0.05, 0) is 54.3 Å². The Morgan fingerprint density at radius 1 is 1.10 bits per heavy atom. The third kappa shape index (κ3) is 5.97. The number of carbonyl (C=O) groups excluding carboxylic acids is 2. The van der Waals surface area contributed by atoms with Crippen LogP contribution in [-0.4, -0.2) is 44.8 Å². The molecule has 0 radical (unpaired) electrons. The molecule has 0 aromatic heterocycles. The summed E-state index contributed by atoms with van der Waals surface area (Å²) >= 11 is 0. The second-order valence-corrected chi connectivity index (χ2v) is 6.53. The zero-order valence-corrected chi connectivity index (χ0v) is 16.3. The summed E-state index contributed by atoms with van der Waals surface area (Å²) in [5.74, 6) is -0.0488. The number of hydrogen-bond donors (Lipinski definition) is 2. The van der Waals surface area contributed by atoms with Gasteiger partial charge in [-0.25, -0.2) is 0 Å². The summed E-state index contributed by atoms with van der Waals surface area (Å²) in [6, 6.07) is 15.3. The van der Waals surface area contributed by atoms with Gasteiger partial charge in [-0.1, -0.05) is 23.4 Å². The monoisotopic (exact) mass is 396 g/mol. The molecule has 8 nitrogen and oxygen atoms in total. The minimum absolute atomic E-state index is 0.174. The number of amides is 2. The quantitative estimate of drug-likeness (QED) is 0.548. The third-order valence-electron chi connectivity index (χ3n) is 4.47. The second-order valence-electron chi connectivity index (χ2n) is 6.53. The highest BCUT2D eigenvalue weighted by molar-refractivity contribution is 5.85. The summed E-state index contributed by atoms with van der Waals surface area (Å²) in [7, 11) is 1.59.